The van der Waals surface area contributed by atoms with Crippen molar-refractivity contribution in [2.45, 2.75) is 0 Å². The maximum atomic E-state index is 6.17. The molecule has 0 saturated heterocycles. The zero-order valence-corrected chi connectivity index (χ0v) is 12.0. The van der Waals surface area contributed by atoms with Crippen LogP contribution in [-0.4, -0.2) is 4.98 Å². The van der Waals surface area contributed by atoms with Gasteiger partial charge >= 0.3 is 0 Å². The highest BCUT2D eigenvalue weighted by Crippen LogP contribution is 2.31. The number of benzene rings is 2. The molecule has 104 valence electrons. The van der Waals surface area contributed by atoms with E-state index < -0.39 is 0 Å². The molecular weight excluding hydrogens is 282 g/mol. The Labute approximate surface area is 128 Å². The van der Waals surface area contributed by atoms with Crippen LogP contribution in [0, 0.1) is 0 Å². The van der Waals surface area contributed by atoms with Crippen LogP contribution in [0.1, 0.15) is 0 Å². The van der Waals surface area contributed by atoms with Crippen molar-refractivity contribution in [3.8, 4) is 11.1 Å². The lowest BCUT2D eigenvalue weighted by Gasteiger charge is -2.12. The van der Waals surface area contributed by atoms with Crippen LogP contribution in [-0.2, 0) is 0 Å². The lowest BCUT2D eigenvalue weighted by Crippen LogP contribution is -1.97. The fourth-order valence-corrected chi connectivity index (χ4v) is 2.36. The number of nitrogens with two attached hydrogens (primary N) is 1. The molecule has 0 aliphatic heterocycles. The first-order valence-electron chi connectivity index (χ1n) is 6.56. The van der Waals surface area contributed by atoms with E-state index in [-0.39, 0.29) is 0 Å². The SMILES string of the molecule is Nc1cnc(Nc2ccccc2-c2ccccc2)c(Cl)c1. The second kappa shape index (κ2) is 5.85. The zero-order valence-electron chi connectivity index (χ0n) is 11.3. The van der Waals surface area contributed by atoms with Crippen molar-refractivity contribution in [2.75, 3.05) is 11.1 Å². The van der Waals surface area contributed by atoms with Gasteiger partial charge in [-0.25, -0.2) is 4.98 Å². The maximum Gasteiger partial charge on any atom is 0.149 e. The van der Waals surface area contributed by atoms with E-state index in [1.165, 1.54) is 0 Å². The quantitative estimate of drug-likeness (QED) is 0.734. The highest BCUT2D eigenvalue weighted by Gasteiger charge is 2.07. The number of nitrogen functional groups attached to an aromatic ring is 1. The van der Waals surface area contributed by atoms with Crippen molar-refractivity contribution in [3.05, 3.63) is 71.9 Å². The van der Waals surface area contributed by atoms with E-state index >= 15 is 0 Å². The third-order valence-electron chi connectivity index (χ3n) is 3.13. The van der Waals surface area contributed by atoms with E-state index in [0.717, 1.165) is 16.8 Å². The number of aromatic nitrogens is 1. The fraction of sp³-hybridized carbons (Fsp3) is 0. The number of pyridine rings is 1. The number of rotatable bonds is 3. The van der Waals surface area contributed by atoms with Gasteiger partial charge in [0.05, 0.1) is 16.9 Å². The normalized spacial score (nSPS) is 10.3. The van der Waals surface area contributed by atoms with Gasteiger partial charge in [0.15, 0.2) is 0 Å². The summed E-state index contributed by atoms with van der Waals surface area (Å²) in [5.41, 5.74) is 9.38. The van der Waals surface area contributed by atoms with E-state index in [1.807, 2.05) is 36.4 Å². The smallest absolute Gasteiger partial charge is 0.149 e. The molecule has 4 heteroatoms. The Hall–Kier alpha value is -2.52. The molecule has 3 nitrogen and oxygen atoms in total. The average molecular weight is 296 g/mol. The highest BCUT2D eigenvalue weighted by atomic mass is 35.5. The molecule has 3 rings (SSSR count). The molecule has 1 aromatic heterocycles. The van der Waals surface area contributed by atoms with E-state index in [0.29, 0.717) is 16.5 Å². The molecule has 0 spiro atoms. The first-order chi connectivity index (χ1) is 10.2. The number of nitrogens with zero attached hydrogens (tertiary/aromatic N) is 1. The van der Waals surface area contributed by atoms with Crippen LogP contribution in [0.3, 0.4) is 0 Å². The third kappa shape index (κ3) is 2.98. The summed E-state index contributed by atoms with van der Waals surface area (Å²) in [5, 5.41) is 3.77. The van der Waals surface area contributed by atoms with Gasteiger partial charge in [0.2, 0.25) is 0 Å². The molecule has 0 saturated carbocycles. The van der Waals surface area contributed by atoms with Gasteiger partial charge in [0, 0.05) is 11.3 Å². The fourth-order valence-electron chi connectivity index (χ4n) is 2.13. The molecule has 1 heterocycles. The summed E-state index contributed by atoms with van der Waals surface area (Å²) in [6.07, 6.45) is 1.58. The van der Waals surface area contributed by atoms with Crippen LogP contribution < -0.4 is 11.1 Å². The number of anilines is 3. The highest BCUT2D eigenvalue weighted by molar-refractivity contribution is 6.33. The Morgan fingerprint density at radius 2 is 1.67 bits per heavy atom. The van der Waals surface area contributed by atoms with Gasteiger partial charge in [-0.15, -0.1) is 0 Å². The Morgan fingerprint density at radius 1 is 0.952 bits per heavy atom. The molecule has 0 aliphatic carbocycles. The van der Waals surface area contributed by atoms with Crippen LogP contribution in [0.15, 0.2) is 66.9 Å². The standard InChI is InChI=1S/C17H14ClN3/c18-15-10-13(19)11-20-17(15)21-16-9-5-4-8-14(16)12-6-2-1-3-7-12/h1-11H,19H2,(H,20,21). The van der Waals surface area contributed by atoms with E-state index in [2.05, 4.69) is 28.5 Å². The van der Waals surface area contributed by atoms with Crippen molar-refractivity contribution >= 4 is 28.8 Å². The summed E-state index contributed by atoms with van der Waals surface area (Å²) in [6.45, 7) is 0. The Morgan fingerprint density at radius 3 is 2.43 bits per heavy atom. The van der Waals surface area contributed by atoms with Gasteiger partial charge in [0.1, 0.15) is 5.82 Å². The second-order valence-electron chi connectivity index (χ2n) is 4.64. The van der Waals surface area contributed by atoms with Gasteiger partial charge in [-0.2, -0.15) is 0 Å². The summed E-state index contributed by atoms with van der Waals surface area (Å²) in [6, 6.07) is 19.9. The van der Waals surface area contributed by atoms with Crippen LogP contribution >= 0.6 is 11.6 Å². The largest absolute Gasteiger partial charge is 0.397 e. The molecule has 0 fully saturated rings. The van der Waals surface area contributed by atoms with Gasteiger partial charge in [-0.3, -0.25) is 0 Å². The van der Waals surface area contributed by atoms with Gasteiger partial charge in [-0.1, -0.05) is 60.1 Å². The molecule has 21 heavy (non-hydrogen) atoms. The van der Waals surface area contributed by atoms with Gasteiger partial charge < -0.3 is 11.1 Å². The van der Waals surface area contributed by atoms with Gasteiger partial charge in [-0.05, 0) is 17.7 Å². The Kier molecular flexibility index (Phi) is 3.75. The molecule has 0 atom stereocenters. The number of nitrogens with one attached hydrogen (secondary N) is 1. The van der Waals surface area contributed by atoms with Crippen molar-refractivity contribution in [3.63, 3.8) is 0 Å². The minimum absolute atomic E-state index is 0.498. The topological polar surface area (TPSA) is 50.9 Å². The predicted octanol–water partition coefficient (Wildman–Crippen LogP) is 4.73. The number of para-hydroxylation sites is 1. The summed E-state index contributed by atoms with van der Waals surface area (Å²) in [5.74, 6) is 0.592. The summed E-state index contributed by atoms with van der Waals surface area (Å²) >= 11 is 6.17. The summed E-state index contributed by atoms with van der Waals surface area (Å²) < 4.78 is 0. The second-order valence-corrected chi connectivity index (χ2v) is 5.04. The first kappa shape index (κ1) is 13.5. The van der Waals surface area contributed by atoms with Gasteiger partial charge in [0.25, 0.3) is 0 Å². The van der Waals surface area contributed by atoms with Crippen LogP contribution in [0.4, 0.5) is 17.2 Å². The monoisotopic (exact) mass is 295 g/mol. The number of hydrogen-bond donors (Lipinski definition) is 2. The average Bonchev–Trinajstić information content (AvgIpc) is 2.51. The van der Waals surface area contributed by atoms with E-state index in [1.54, 1.807) is 12.3 Å². The number of halogens is 1. The molecule has 2 aromatic carbocycles. The van der Waals surface area contributed by atoms with Crippen LogP contribution in [0.2, 0.25) is 5.02 Å². The zero-order chi connectivity index (χ0) is 14.7. The minimum Gasteiger partial charge on any atom is -0.397 e. The molecule has 0 unspecified atom stereocenters. The first-order valence-corrected chi connectivity index (χ1v) is 6.94. The van der Waals surface area contributed by atoms with E-state index in [4.69, 9.17) is 17.3 Å². The summed E-state index contributed by atoms with van der Waals surface area (Å²) in [4.78, 5) is 4.24. The minimum atomic E-state index is 0.498. The molecule has 0 aliphatic rings. The van der Waals surface area contributed by atoms with Crippen LogP contribution in [0.5, 0.6) is 0 Å². The number of hydrogen-bond acceptors (Lipinski definition) is 3. The van der Waals surface area contributed by atoms with Crippen molar-refractivity contribution in [1.29, 1.82) is 0 Å². The maximum absolute atomic E-state index is 6.17. The molecule has 3 aromatic rings. The van der Waals surface area contributed by atoms with E-state index in [9.17, 15) is 0 Å². The van der Waals surface area contributed by atoms with Crippen molar-refractivity contribution in [2.24, 2.45) is 0 Å². The van der Waals surface area contributed by atoms with Crippen molar-refractivity contribution < 1.29 is 0 Å². The lowest BCUT2D eigenvalue weighted by atomic mass is 10.0. The molecule has 0 amide bonds. The predicted molar refractivity (Wildman–Crippen MR) is 88.8 cm³/mol. The molecule has 3 N–H and O–H groups in total. The Balaban J connectivity index is 2.00. The molecular formula is C17H14ClN3. The van der Waals surface area contributed by atoms with Crippen LogP contribution in [0.25, 0.3) is 11.1 Å². The molecule has 0 radical (unpaired) electrons. The van der Waals surface area contributed by atoms with Crippen molar-refractivity contribution in [1.82, 2.24) is 4.98 Å². The third-order valence-corrected chi connectivity index (χ3v) is 3.42. The summed E-state index contributed by atoms with van der Waals surface area (Å²) in [7, 11) is 0. The lowest BCUT2D eigenvalue weighted by molar-refractivity contribution is 1.31. The Bertz CT molecular complexity index is 757. The molecule has 0 bridgehead atoms.